The lowest BCUT2D eigenvalue weighted by Crippen LogP contribution is -2.36. The van der Waals surface area contributed by atoms with Gasteiger partial charge in [-0.25, -0.2) is 14.5 Å². The highest BCUT2D eigenvalue weighted by atomic mass is 16.5. The number of nitrogens with zero attached hydrogens (tertiary/aromatic N) is 5. The van der Waals surface area contributed by atoms with E-state index in [0.717, 1.165) is 17.0 Å². The summed E-state index contributed by atoms with van der Waals surface area (Å²) in [5, 5.41) is 4.33. The number of hydrogen-bond acceptors (Lipinski definition) is 6. The van der Waals surface area contributed by atoms with Gasteiger partial charge in [0.15, 0.2) is 17.4 Å². The van der Waals surface area contributed by atoms with Crippen molar-refractivity contribution in [2.24, 2.45) is 0 Å². The average Bonchev–Trinajstić information content (AvgIpc) is 3.38. The third-order valence-corrected chi connectivity index (χ3v) is 5.05. The molecule has 4 aromatic rings. The highest BCUT2D eigenvalue weighted by Gasteiger charge is 2.29. The van der Waals surface area contributed by atoms with Crippen molar-refractivity contribution >= 4 is 11.6 Å². The second kappa shape index (κ2) is 7.14. The van der Waals surface area contributed by atoms with E-state index >= 15 is 0 Å². The summed E-state index contributed by atoms with van der Waals surface area (Å²) in [5.74, 6) is 1.17. The van der Waals surface area contributed by atoms with Crippen molar-refractivity contribution in [3.05, 3.63) is 83.5 Å². The van der Waals surface area contributed by atoms with E-state index in [2.05, 4.69) is 15.1 Å². The van der Waals surface area contributed by atoms with E-state index in [1.54, 1.807) is 41.1 Å². The minimum Gasteiger partial charge on any atom is -0.442 e. The predicted octanol–water partition coefficient (Wildman–Crippen LogP) is 2.65. The van der Waals surface area contributed by atoms with Crippen molar-refractivity contribution in [2.75, 3.05) is 13.7 Å². The van der Waals surface area contributed by atoms with Crippen LogP contribution in [0.4, 0.5) is 0 Å². The molecule has 0 saturated carbocycles. The van der Waals surface area contributed by atoms with Gasteiger partial charge in [-0.15, -0.1) is 0 Å². The summed E-state index contributed by atoms with van der Waals surface area (Å²) in [5.41, 5.74) is 2.75. The van der Waals surface area contributed by atoms with Gasteiger partial charge in [0.05, 0.1) is 6.54 Å². The van der Waals surface area contributed by atoms with Crippen LogP contribution in [0, 0.1) is 0 Å². The molecule has 8 nitrogen and oxygen atoms in total. The van der Waals surface area contributed by atoms with Crippen molar-refractivity contribution in [3.8, 4) is 0 Å². The van der Waals surface area contributed by atoms with Gasteiger partial charge >= 0.3 is 0 Å². The number of ether oxygens (including phenoxy) is 1. The summed E-state index contributed by atoms with van der Waals surface area (Å²) < 4.78 is 13.2. The molecule has 5 rings (SSSR count). The van der Waals surface area contributed by atoms with Crippen LogP contribution in [0.3, 0.4) is 0 Å². The molecule has 0 saturated heterocycles. The molecule has 1 atom stereocenters. The SMILES string of the molecule is COC(c1ccccc1)c1nc2c(o1)CCN(C(=O)c1cc3ncccn3n1)C2. The molecule has 0 fully saturated rings. The third kappa shape index (κ3) is 3.17. The largest absolute Gasteiger partial charge is 0.442 e. The minimum absolute atomic E-state index is 0.142. The Balaban J connectivity index is 1.39. The zero-order valence-corrected chi connectivity index (χ0v) is 15.9. The Morgan fingerprint density at radius 2 is 2.10 bits per heavy atom. The number of aromatic nitrogens is 4. The monoisotopic (exact) mass is 389 g/mol. The maximum absolute atomic E-state index is 12.9. The van der Waals surface area contributed by atoms with Gasteiger partial charge in [0, 0.05) is 38.5 Å². The first-order valence-electron chi connectivity index (χ1n) is 9.39. The zero-order chi connectivity index (χ0) is 19.8. The van der Waals surface area contributed by atoms with Crippen molar-refractivity contribution < 1.29 is 13.9 Å². The predicted molar refractivity (Wildman–Crippen MR) is 103 cm³/mol. The van der Waals surface area contributed by atoms with Gasteiger partial charge in [-0.3, -0.25) is 4.79 Å². The lowest BCUT2D eigenvalue weighted by molar-refractivity contribution is 0.0720. The van der Waals surface area contributed by atoms with Gasteiger partial charge in [-0.05, 0) is 11.6 Å². The van der Waals surface area contributed by atoms with E-state index < -0.39 is 0 Å². The third-order valence-electron chi connectivity index (χ3n) is 5.05. The maximum Gasteiger partial charge on any atom is 0.274 e. The molecular weight excluding hydrogens is 370 g/mol. The summed E-state index contributed by atoms with van der Waals surface area (Å²) in [7, 11) is 1.63. The van der Waals surface area contributed by atoms with Crippen LogP contribution in [0.5, 0.6) is 0 Å². The van der Waals surface area contributed by atoms with E-state index in [4.69, 9.17) is 9.15 Å². The van der Waals surface area contributed by atoms with Gasteiger partial charge in [-0.1, -0.05) is 30.3 Å². The molecular formula is C21H19N5O3. The molecule has 0 bridgehead atoms. The molecule has 1 unspecified atom stereocenters. The summed E-state index contributed by atoms with van der Waals surface area (Å²) in [6, 6.07) is 13.3. The Bertz CT molecular complexity index is 1130. The molecule has 8 heteroatoms. The number of carbonyl (C=O) groups excluding carboxylic acids is 1. The van der Waals surface area contributed by atoms with Crippen LogP contribution < -0.4 is 0 Å². The fourth-order valence-corrected chi connectivity index (χ4v) is 3.61. The van der Waals surface area contributed by atoms with E-state index in [1.807, 2.05) is 30.3 Å². The summed E-state index contributed by atoms with van der Waals surface area (Å²) in [6.07, 6.45) is 3.67. The van der Waals surface area contributed by atoms with E-state index in [1.165, 1.54) is 0 Å². The summed E-state index contributed by atoms with van der Waals surface area (Å²) >= 11 is 0. The molecule has 4 heterocycles. The lowest BCUT2D eigenvalue weighted by atomic mass is 10.1. The Morgan fingerprint density at radius 1 is 1.24 bits per heavy atom. The normalized spacial score (nSPS) is 14.7. The van der Waals surface area contributed by atoms with Crippen LogP contribution in [0.25, 0.3) is 5.65 Å². The molecule has 3 aromatic heterocycles. The molecule has 146 valence electrons. The number of oxazole rings is 1. The highest BCUT2D eigenvalue weighted by molar-refractivity contribution is 5.93. The van der Waals surface area contributed by atoms with E-state index in [0.29, 0.717) is 36.7 Å². The lowest BCUT2D eigenvalue weighted by Gasteiger charge is -2.24. The van der Waals surface area contributed by atoms with Crippen LogP contribution in [-0.2, 0) is 17.7 Å². The van der Waals surface area contributed by atoms with E-state index in [9.17, 15) is 4.79 Å². The second-order valence-corrected chi connectivity index (χ2v) is 6.88. The topological polar surface area (TPSA) is 85.8 Å². The number of benzene rings is 1. The maximum atomic E-state index is 12.9. The molecule has 0 radical (unpaired) electrons. The van der Waals surface area contributed by atoms with Gasteiger partial charge in [0.1, 0.15) is 11.5 Å². The number of rotatable bonds is 4. The highest BCUT2D eigenvalue weighted by Crippen LogP contribution is 2.29. The summed E-state index contributed by atoms with van der Waals surface area (Å²) in [6.45, 7) is 0.926. The van der Waals surface area contributed by atoms with Gasteiger partial charge in [0.2, 0.25) is 5.89 Å². The number of hydrogen-bond donors (Lipinski definition) is 0. The van der Waals surface area contributed by atoms with Gasteiger partial charge in [-0.2, -0.15) is 5.10 Å². The van der Waals surface area contributed by atoms with Crippen LogP contribution in [0.2, 0.25) is 0 Å². The van der Waals surface area contributed by atoms with Crippen molar-refractivity contribution in [2.45, 2.75) is 19.1 Å². The smallest absolute Gasteiger partial charge is 0.274 e. The Morgan fingerprint density at radius 3 is 2.90 bits per heavy atom. The Kier molecular flexibility index (Phi) is 4.33. The number of fused-ring (bicyclic) bond motifs is 2. The molecule has 0 spiro atoms. The minimum atomic E-state index is -0.379. The molecule has 1 amide bonds. The second-order valence-electron chi connectivity index (χ2n) is 6.88. The first-order chi connectivity index (χ1) is 14.2. The van der Waals surface area contributed by atoms with Gasteiger partial charge < -0.3 is 14.1 Å². The van der Waals surface area contributed by atoms with Crippen LogP contribution in [0.1, 0.15) is 39.5 Å². The van der Waals surface area contributed by atoms with Crippen LogP contribution >= 0.6 is 0 Å². The quantitative estimate of drug-likeness (QED) is 0.533. The molecule has 0 N–H and O–H groups in total. The molecule has 1 aliphatic heterocycles. The molecule has 29 heavy (non-hydrogen) atoms. The van der Waals surface area contributed by atoms with Crippen LogP contribution in [-0.4, -0.2) is 44.0 Å². The average molecular weight is 389 g/mol. The molecule has 0 aliphatic carbocycles. The van der Waals surface area contributed by atoms with Crippen molar-refractivity contribution in [3.63, 3.8) is 0 Å². The molecule has 1 aliphatic rings. The van der Waals surface area contributed by atoms with E-state index in [-0.39, 0.29) is 12.0 Å². The number of amides is 1. The van der Waals surface area contributed by atoms with Crippen molar-refractivity contribution in [1.82, 2.24) is 24.5 Å². The van der Waals surface area contributed by atoms with Gasteiger partial charge in [0.25, 0.3) is 5.91 Å². The summed E-state index contributed by atoms with van der Waals surface area (Å²) in [4.78, 5) is 23.5. The standard InChI is InChI=1S/C21H19N5O3/c1-28-19(14-6-3-2-4-7-14)20-23-16-13-25(11-8-17(16)29-20)21(27)15-12-18-22-9-5-10-26(18)24-15/h2-7,9-10,12,19H,8,11,13H2,1H3. The van der Waals surface area contributed by atoms with Crippen LogP contribution in [0.15, 0.2) is 59.3 Å². The number of carbonyl (C=O) groups is 1. The Labute approximate surface area is 166 Å². The zero-order valence-electron chi connectivity index (χ0n) is 15.9. The Hall–Kier alpha value is -3.52. The first-order valence-corrected chi connectivity index (χ1v) is 9.39. The van der Waals surface area contributed by atoms with Crippen molar-refractivity contribution in [1.29, 1.82) is 0 Å². The fourth-order valence-electron chi connectivity index (χ4n) is 3.61. The first kappa shape index (κ1) is 17.6. The fraction of sp³-hybridized carbons (Fsp3) is 0.238. The molecule has 1 aromatic carbocycles. The number of methoxy groups -OCH3 is 1.